The van der Waals surface area contributed by atoms with E-state index in [9.17, 15) is 5.26 Å². The molecular formula is C20H16N2OS2. The smallest absolute Gasteiger partial charge is 0.134 e. The molecule has 124 valence electrons. The molecule has 5 heteroatoms. The molecule has 25 heavy (non-hydrogen) atoms. The molecule has 0 radical (unpaired) electrons. The van der Waals surface area contributed by atoms with Crippen molar-refractivity contribution in [3.05, 3.63) is 64.5 Å². The number of thiazole rings is 1. The van der Waals surface area contributed by atoms with E-state index in [4.69, 9.17) is 4.74 Å². The average Bonchev–Trinajstić information content (AvgIpc) is 3.16. The van der Waals surface area contributed by atoms with E-state index in [0.29, 0.717) is 10.6 Å². The highest BCUT2D eigenvalue weighted by Crippen LogP contribution is 2.31. The van der Waals surface area contributed by atoms with E-state index in [1.807, 2.05) is 66.2 Å². The molecule has 0 aliphatic heterocycles. The first-order valence-electron chi connectivity index (χ1n) is 7.60. The van der Waals surface area contributed by atoms with Gasteiger partial charge in [0.25, 0.3) is 0 Å². The molecule has 0 spiro atoms. The van der Waals surface area contributed by atoms with Gasteiger partial charge in [-0.05, 0) is 30.0 Å². The standard InChI is InChI=1S/C20H16N2OS2/c1-23-18-11-14(8-9-19(18)24-2)10-16(12-21)20-22-17(13-25-20)15-6-4-3-5-7-15/h3-11,13H,1-2H3/b16-10-. The van der Waals surface area contributed by atoms with Crippen molar-refractivity contribution < 1.29 is 4.74 Å². The Bertz CT molecular complexity index is 940. The molecule has 0 atom stereocenters. The second kappa shape index (κ2) is 8.02. The van der Waals surface area contributed by atoms with E-state index in [1.54, 1.807) is 18.9 Å². The number of allylic oxidation sites excluding steroid dienone is 1. The normalized spacial score (nSPS) is 11.2. The number of rotatable bonds is 5. The SMILES string of the molecule is COc1cc(/C=C(/C#N)c2nc(-c3ccccc3)cs2)ccc1SC. The van der Waals surface area contributed by atoms with Crippen LogP contribution in [0.2, 0.25) is 0 Å². The van der Waals surface area contributed by atoms with E-state index in [2.05, 4.69) is 11.1 Å². The summed E-state index contributed by atoms with van der Waals surface area (Å²) in [6.07, 6.45) is 3.86. The minimum Gasteiger partial charge on any atom is -0.496 e. The van der Waals surface area contributed by atoms with Gasteiger partial charge in [-0.25, -0.2) is 4.98 Å². The molecule has 0 unspecified atom stereocenters. The second-order valence-corrected chi connectivity index (χ2v) is 6.89. The fraction of sp³-hybridized carbons (Fsp3) is 0.100. The first kappa shape index (κ1) is 17.3. The van der Waals surface area contributed by atoms with Gasteiger partial charge in [0.2, 0.25) is 0 Å². The minimum absolute atomic E-state index is 0.547. The lowest BCUT2D eigenvalue weighted by atomic mass is 10.1. The molecule has 3 nitrogen and oxygen atoms in total. The number of benzene rings is 2. The average molecular weight is 364 g/mol. The summed E-state index contributed by atoms with van der Waals surface area (Å²) in [4.78, 5) is 5.68. The van der Waals surface area contributed by atoms with Crippen molar-refractivity contribution in [3.8, 4) is 23.1 Å². The van der Waals surface area contributed by atoms with E-state index in [1.165, 1.54) is 11.3 Å². The van der Waals surface area contributed by atoms with Gasteiger partial charge in [-0.15, -0.1) is 23.1 Å². The van der Waals surface area contributed by atoms with Crippen LogP contribution in [0.1, 0.15) is 10.6 Å². The number of ether oxygens (including phenoxy) is 1. The van der Waals surface area contributed by atoms with Crippen LogP contribution in [-0.4, -0.2) is 18.3 Å². The van der Waals surface area contributed by atoms with Gasteiger partial charge < -0.3 is 4.74 Å². The highest BCUT2D eigenvalue weighted by atomic mass is 32.2. The van der Waals surface area contributed by atoms with Gasteiger partial charge in [0.15, 0.2) is 0 Å². The molecule has 3 aromatic rings. The molecule has 0 N–H and O–H groups in total. The van der Waals surface area contributed by atoms with Crippen LogP contribution in [0, 0.1) is 11.3 Å². The van der Waals surface area contributed by atoms with Gasteiger partial charge in [-0.3, -0.25) is 0 Å². The number of methoxy groups -OCH3 is 1. The van der Waals surface area contributed by atoms with Crippen LogP contribution in [0.4, 0.5) is 0 Å². The van der Waals surface area contributed by atoms with E-state index < -0.39 is 0 Å². The number of aromatic nitrogens is 1. The third-order valence-corrected chi connectivity index (χ3v) is 5.30. The summed E-state index contributed by atoms with van der Waals surface area (Å²) in [7, 11) is 1.65. The van der Waals surface area contributed by atoms with Crippen molar-refractivity contribution in [1.82, 2.24) is 4.98 Å². The van der Waals surface area contributed by atoms with Crippen LogP contribution in [0.15, 0.2) is 58.8 Å². The largest absolute Gasteiger partial charge is 0.496 e. The zero-order chi connectivity index (χ0) is 17.6. The molecule has 0 saturated heterocycles. The van der Waals surface area contributed by atoms with Crippen molar-refractivity contribution in [2.24, 2.45) is 0 Å². The Morgan fingerprint density at radius 2 is 2.04 bits per heavy atom. The first-order valence-corrected chi connectivity index (χ1v) is 9.70. The summed E-state index contributed by atoms with van der Waals surface area (Å²) in [5.41, 5.74) is 3.40. The van der Waals surface area contributed by atoms with Crippen LogP contribution >= 0.6 is 23.1 Å². The lowest BCUT2D eigenvalue weighted by Gasteiger charge is -2.07. The van der Waals surface area contributed by atoms with E-state index in [-0.39, 0.29) is 0 Å². The van der Waals surface area contributed by atoms with Gasteiger partial charge in [-0.1, -0.05) is 36.4 Å². The maximum absolute atomic E-state index is 9.56. The second-order valence-electron chi connectivity index (χ2n) is 5.19. The summed E-state index contributed by atoms with van der Waals surface area (Å²) in [5.74, 6) is 0.808. The molecule has 3 rings (SSSR count). The zero-order valence-electron chi connectivity index (χ0n) is 13.9. The predicted molar refractivity (Wildman–Crippen MR) is 106 cm³/mol. The summed E-state index contributed by atoms with van der Waals surface area (Å²) in [6, 6.07) is 18.2. The van der Waals surface area contributed by atoms with Crippen molar-refractivity contribution in [1.29, 1.82) is 5.26 Å². The maximum atomic E-state index is 9.56. The molecule has 1 aromatic heterocycles. The van der Waals surface area contributed by atoms with Crippen LogP contribution < -0.4 is 4.74 Å². The molecule has 0 aliphatic rings. The molecule has 0 aliphatic carbocycles. The summed E-state index contributed by atoms with van der Waals surface area (Å²) in [6.45, 7) is 0. The van der Waals surface area contributed by atoms with Crippen LogP contribution in [0.3, 0.4) is 0 Å². The first-order chi connectivity index (χ1) is 12.2. The summed E-state index contributed by atoms with van der Waals surface area (Å²) < 4.78 is 5.41. The van der Waals surface area contributed by atoms with Gasteiger partial charge in [0, 0.05) is 15.8 Å². The van der Waals surface area contributed by atoms with Gasteiger partial charge in [0.05, 0.1) is 18.4 Å². The number of hydrogen-bond acceptors (Lipinski definition) is 5. The zero-order valence-corrected chi connectivity index (χ0v) is 15.5. The molecule has 2 aromatic carbocycles. The van der Waals surface area contributed by atoms with Gasteiger partial charge in [0.1, 0.15) is 16.8 Å². The van der Waals surface area contributed by atoms with E-state index in [0.717, 1.165) is 27.5 Å². The predicted octanol–water partition coefficient (Wildman–Crippen LogP) is 5.60. The number of nitriles is 1. The monoisotopic (exact) mass is 364 g/mol. The van der Waals surface area contributed by atoms with Crippen LogP contribution in [0.5, 0.6) is 5.75 Å². The number of hydrogen-bond donors (Lipinski definition) is 0. The number of nitrogens with zero attached hydrogens (tertiary/aromatic N) is 2. The summed E-state index contributed by atoms with van der Waals surface area (Å²) >= 11 is 3.11. The van der Waals surface area contributed by atoms with Crippen LogP contribution in [-0.2, 0) is 0 Å². The molecule has 0 fully saturated rings. The molecule has 1 heterocycles. The maximum Gasteiger partial charge on any atom is 0.134 e. The molecule has 0 saturated carbocycles. The highest BCUT2D eigenvalue weighted by Gasteiger charge is 2.10. The topological polar surface area (TPSA) is 45.9 Å². The Hall–Kier alpha value is -2.55. The van der Waals surface area contributed by atoms with Gasteiger partial charge >= 0.3 is 0 Å². The highest BCUT2D eigenvalue weighted by molar-refractivity contribution is 7.98. The molecule has 0 bridgehead atoms. The van der Waals surface area contributed by atoms with Gasteiger partial charge in [-0.2, -0.15) is 5.26 Å². The number of thioether (sulfide) groups is 1. The molecule has 0 amide bonds. The Labute approximate surface area is 155 Å². The van der Waals surface area contributed by atoms with Crippen molar-refractivity contribution in [2.75, 3.05) is 13.4 Å². The lowest BCUT2D eigenvalue weighted by Crippen LogP contribution is -1.88. The quantitative estimate of drug-likeness (QED) is 0.436. The van der Waals surface area contributed by atoms with Crippen molar-refractivity contribution in [3.63, 3.8) is 0 Å². The van der Waals surface area contributed by atoms with Crippen LogP contribution in [0.25, 0.3) is 22.9 Å². The minimum atomic E-state index is 0.547. The fourth-order valence-electron chi connectivity index (χ4n) is 2.39. The van der Waals surface area contributed by atoms with Crippen molar-refractivity contribution in [2.45, 2.75) is 4.90 Å². The summed E-state index contributed by atoms with van der Waals surface area (Å²) in [5, 5.41) is 12.3. The lowest BCUT2D eigenvalue weighted by molar-refractivity contribution is 0.405. The Morgan fingerprint density at radius 3 is 2.72 bits per heavy atom. The third kappa shape index (κ3) is 3.93. The van der Waals surface area contributed by atoms with E-state index >= 15 is 0 Å². The Balaban J connectivity index is 1.94. The Morgan fingerprint density at radius 1 is 1.24 bits per heavy atom. The third-order valence-electron chi connectivity index (χ3n) is 3.64. The molecular weight excluding hydrogens is 348 g/mol. The fourth-order valence-corrected chi connectivity index (χ4v) is 3.73. The Kier molecular flexibility index (Phi) is 5.54. The van der Waals surface area contributed by atoms with Crippen molar-refractivity contribution >= 4 is 34.7 Å².